The van der Waals surface area contributed by atoms with Crippen molar-refractivity contribution in [2.75, 3.05) is 13.6 Å². The summed E-state index contributed by atoms with van der Waals surface area (Å²) in [6.07, 6.45) is -0.776. The molecule has 0 fully saturated rings. The Morgan fingerprint density at radius 3 is 2.61 bits per heavy atom. The molecule has 0 unspecified atom stereocenters. The molecule has 0 aliphatic rings. The van der Waals surface area contributed by atoms with Crippen LogP contribution in [0.5, 0.6) is 0 Å². The molecule has 0 saturated carbocycles. The lowest BCUT2D eigenvalue weighted by atomic mass is 10.2. The minimum Gasteiger partial charge on any atom is -0.392 e. The largest absolute Gasteiger partial charge is 0.392 e. The summed E-state index contributed by atoms with van der Waals surface area (Å²) in [5.74, 6) is 0. The van der Waals surface area contributed by atoms with Gasteiger partial charge in [0.25, 0.3) is 0 Å². The number of nitriles is 1. The lowest BCUT2D eigenvalue weighted by Gasteiger charge is -2.19. The molecule has 18 heavy (non-hydrogen) atoms. The molecule has 7 heteroatoms. The van der Waals surface area contributed by atoms with E-state index in [2.05, 4.69) is 0 Å². The quantitative estimate of drug-likeness (QED) is 0.903. The molecule has 0 bridgehead atoms. The van der Waals surface area contributed by atoms with E-state index >= 15 is 0 Å². The van der Waals surface area contributed by atoms with Crippen LogP contribution in [0.4, 0.5) is 0 Å². The number of likely N-dealkylation sites (N-methyl/N-ethyl adjacent to an activating group) is 1. The van der Waals surface area contributed by atoms with E-state index in [1.807, 2.05) is 6.07 Å². The molecule has 1 N–H and O–H groups in total. The van der Waals surface area contributed by atoms with Gasteiger partial charge in [-0.3, -0.25) is 0 Å². The first-order chi connectivity index (χ1) is 8.28. The Morgan fingerprint density at radius 1 is 1.56 bits per heavy atom. The van der Waals surface area contributed by atoms with Crippen molar-refractivity contribution in [1.29, 1.82) is 5.26 Å². The number of halogens is 1. The fourth-order valence-corrected chi connectivity index (χ4v) is 3.18. The SMILES string of the molecule is C[C@H](O)CN(C)S(=O)(=O)c1ccc(C#N)cc1Cl. The normalized spacial score (nSPS) is 13.3. The summed E-state index contributed by atoms with van der Waals surface area (Å²) in [5, 5.41) is 17.9. The molecule has 1 atom stereocenters. The van der Waals surface area contributed by atoms with E-state index in [1.165, 1.54) is 32.2 Å². The molecule has 1 aromatic carbocycles. The van der Waals surface area contributed by atoms with Crippen LogP contribution in [0.2, 0.25) is 5.02 Å². The summed E-state index contributed by atoms with van der Waals surface area (Å²) in [6, 6.07) is 5.84. The third kappa shape index (κ3) is 3.21. The van der Waals surface area contributed by atoms with Crippen LogP contribution in [0.3, 0.4) is 0 Å². The van der Waals surface area contributed by atoms with Crippen LogP contribution in [-0.4, -0.2) is 37.5 Å². The van der Waals surface area contributed by atoms with Gasteiger partial charge in [-0.1, -0.05) is 11.6 Å². The highest BCUT2D eigenvalue weighted by Crippen LogP contribution is 2.25. The molecular formula is C11H13ClN2O3S. The Bertz CT molecular complexity index is 578. The van der Waals surface area contributed by atoms with Gasteiger partial charge in [-0.2, -0.15) is 9.57 Å². The summed E-state index contributed by atoms with van der Waals surface area (Å²) in [4.78, 5) is -0.0775. The van der Waals surface area contributed by atoms with Gasteiger partial charge in [0.1, 0.15) is 4.90 Å². The molecule has 5 nitrogen and oxygen atoms in total. The number of aliphatic hydroxyl groups is 1. The number of benzene rings is 1. The minimum absolute atomic E-state index is 0.00788. The summed E-state index contributed by atoms with van der Waals surface area (Å²) >= 11 is 5.85. The second kappa shape index (κ2) is 5.67. The highest BCUT2D eigenvalue weighted by Gasteiger charge is 2.24. The number of hydrogen-bond acceptors (Lipinski definition) is 4. The number of rotatable bonds is 4. The van der Waals surface area contributed by atoms with Crippen LogP contribution in [0.25, 0.3) is 0 Å². The lowest BCUT2D eigenvalue weighted by Crippen LogP contribution is -2.33. The van der Waals surface area contributed by atoms with Gasteiger partial charge in [0.2, 0.25) is 10.0 Å². The van der Waals surface area contributed by atoms with Crippen molar-refractivity contribution in [3.63, 3.8) is 0 Å². The standard InChI is InChI=1S/C11H13ClN2O3S/c1-8(15)7-14(2)18(16,17)11-4-3-9(6-13)5-10(11)12/h3-5,8,15H,7H2,1-2H3/t8-/m0/s1. The lowest BCUT2D eigenvalue weighted by molar-refractivity contribution is 0.171. The predicted octanol–water partition coefficient (Wildman–Crippen LogP) is 1.21. The third-order valence-electron chi connectivity index (χ3n) is 2.27. The Balaban J connectivity index is 3.17. The molecule has 0 aliphatic heterocycles. The first kappa shape index (κ1) is 14.9. The van der Waals surface area contributed by atoms with Crippen LogP contribution in [0.1, 0.15) is 12.5 Å². The Labute approximate surface area is 111 Å². The number of sulfonamides is 1. The van der Waals surface area contributed by atoms with Crippen molar-refractivity contribution in [2.45, 2.75) is 17.9 Å². The molecule has 0 amide bonds. The average molecular weight is 289 g/mol. The highest BCUT2D eigenvalue weighted by molar-refractivity contribution is 7.89. The Kier molecular flexibility index (Phi) is 4.71. The van der Waals surface area contributed by atoms with Crippen LogP contribution in [-0.2, 0) is 10.0 Å². The molecule has 1 aromatic rings. The molecule has 98 valence electrons. The maximum atomic E-state index is 12.1. The van der Waals surface area contributed by atoms with Crippen LogP contribution < -0.4 is 0 Å². The summed E-state index contributed by atoms with van der Waals surface area (Å²) < 4.78 is 25.3. The van der Waals surface area contributed by atoms with Gasteiger partial charge in [-0.15, -0.1) is 0 Å². The van der Waals surface area contributed by atoms with Gasteiger partial charge in [-0.05, 0) is 25.1 Å². The topological polar surface area (TPSA) is 81.4 Å². The zero-order valence-electron chi connectivity index (χ0n) is 9.96. The molecule has 0 heterocycles. The first-order valence-corrected chi connectivity index (χ1v) is 6.95. The van der Waals surface area contributed by atoms with Crippen molar-refractivity contribution < 1.29 is 13.5 Å². The molecular weight excluding hydrogens is 276 g/mol. The molecule has 0 radical (unpaired) electrons. The summed E-state index contributed by atoms with van der Waals surface area (Å²) in [7, 11) is -2.40. The fraction of sp³-hybridized carbons (Fsp3) is 0.364. The van der Waals surface area contributed by atoms with E-state index in [-0.39, 0.29) is 22.0 Å². The zero-order chi connectivity index (χ0) is 13.9. The van der Waals surface area contributed by atoms with Gasteiger partial charge >= 0.3 is 0 Å². The van der Waals surface area contributed by atoms with E-state index in [0.717, 1.165) is 4.31 Å². The van der Waals surface area contributed by atoms with Crippen molar-refractivity contribution in [2.24, 2.45) is 0 Å². The van der Waals surface area contributed by atoms with Gasteiger partial charge in [0.15, 0.2) is 0 Å². The Morgan fingerprint density at radius 2 is 2.17 bits per heavy atom. The van der Waals surface area contributed by atoms with Crippen LogP contribution >= 0.6 is 11.6 Å². The van der Waals surface area contributed by atoms with E-state index in [1.54, 1.807) is 0 Å². The van der Waals surface area contributed by atoms with Gasteiger partial charge in [0.05, 0.1) is 22.8 Å². The summed E-state index contributed by atoms with van der Waals surface area (Å²) in [6.45, 7) is 1.46. The number of aliphatic hydroxyl groups excluding tert-OH is 1. The zero-order valence-corrected chi connectivity index (χ0v) is 11.5. The Hall–Kier alpha value is -1.13. The van der Waals surface area contributed by atoms with E-state index in [4.69, 9.17) is 16.9 Å². The number of nitrogens with zero attached hydrogens (tertiary/aromatic N) is 2. The van der Waals surface area contributed by atoms with Gasteiger partial charge < -0.3 is 5.11 Å². The van der Waals surface area contributed by atoms with Gasteiger partial charge in [-0.25, -0.2) is 8.42 Å². The van der Waals surface area contributed by atoms with Crippen molar-refractivity contribution in [3.8, 4) is 6.07 Å². The molecule has 0 spiro atoms. The maximum Gasteiger partial charge on any atom is 0.244 e. The maximum absolute atomic E-state index is 12.1. The monoisotopic (exact) mass is 288 g/mol. The van der Waals surface area contributed by atoms with Crippen molar-refractivity contribution >= 4 is 21.6 Å². The van der Waals surface area contributed by atoms with Crippen molar-refractivity contribution in [3.05, 3.63) is 28.8 Å². The number of hydrogen-bond donors (Lipinski definition) is 1. The third-order valence-corrected chi connectivity index (χ3v) is 4.58. The van der Waals surface area contributed by atoms with E-state index < -0.39 is 16.1 Å². The summed E-state index contributed by atoms with van der Waals surface area (Å²) in [5.41, 5.74) is 0.289. The molecule has 1 rings (SSSR count). The molecule has 0 aromatic heterocycles. The second-order valence-corrected chi connectivity index (χ2v) is 6.31. The van der Waals surface area contributed by atoms with Crippen LogP contribution in [0.15, 0.2) is 23.1 Å². The average Bonchev–Trinajstić information content (AvgIpc) is 2.27. The predicted molar refractivity (Wildman–Crippen MR) is 67.7 cm³/mol. The van der Waals surface area contributed by atoms with Gasteiger partial charge in [0, 0.05) is 13.6 Å². The molecule has 0 aliphatic carbocycles. The first-order valence-electron chi connectivity index (χ1n) is 5.13. The van der Waals surface area contributed by atoms with E-state index in [0.29, 0.717) is 0 Å². The fourth-order valence-electron chi connectivity index (χ4n) is 1.42. The highest BCUT2D eigenvalue weighted by atomic mass is 35.5. The minimum atomic E-state index is -3.76. The van der Waals surface area contributed by atoms with E-state index in [9.17, 15) is 13.5 Å². The van der Waals surface area contributed by atoms with Crippen LogP contribution in [0, 0.1) is 11.3 Å². The van der Waals surface area contributed by atoms with Crippen molar-refractivity contribution in [1.82, 2.24) is 4.31 Å². The second-order valence-electron chi connectivity index (χ2n) is 3.89. The molecule has 0 saturated heterocycles. The smallest absolute Gasteiger partial charge is 0.244 e.